The summed E-state index contributed by atoms with van der Waals surface area (Å²) in [5.74, 6) is -0.503. The number of aromatic nitrogens is 2. The molecule has 4 rings (SSSR count). The molecule has 1 aromatic heterocycles. The number of hydrogen-bond donors (Lipinski definition) is 4. The minimum Gasteiger partial charge on any atom is -0.385 e. The maximum atomic E-state index is 13.6. The Hall–Kier alpha value is -3.82. The molecule has 0 aliphatic carbocycles. The number of anilines is 5. The second-order valence-corrected chi connectivity index (χ2v) is 7.18. The maximum absolute atomic E-state index is 13.6. The lowest BCUT2D eigenvalue weighted by molar-refractivity contribution is -0.137. The van der Waals surface area contributed by atoms with E-state index in [4.69, 9.17) is 0 Å². The lowest BCUT2D eigenvalue weighted by atomic mass is 10.1. The number of hydrogen-bond acceptors (Lipinski definition) is 6. The summed E-state index contributed by atoms with van der Waals surface area (Å²) >= 11 is 0. The predicted molar refractivity (Wildman–Crippen MR) is 117 cm³/mol. The molecule has 0 radical (unpaired) electrons. The number of para-hydroxylation sites is 2. The van der Waals surface area contributed by atoms with Gasteiger partial charge in [-0.05, 0) is 30.2 Å². The molecule has 1 aliphatic heterocycles. The van der Waals surface area contributed by atoms with Crippen molar-refractivity contribution in [1.82, 2.24) is 9.97 Å². The molecule has 2 aromatic carbocycles. The zero-order valence-corrected chi connectivity index (χ0v) is 17.2. The third-order valence-corrected chi connectivity index (χ3v) is 4.94. The van der Waals surface area contributed by atoms with Crippen LogP contribution in [-0.4, -0.2) is 22.4 Å². The van der Waals surface area contributed by atoms with E-state index < -0.39 is 11.7 Å². The zero-order chi connectivity index (χ0) is 22.7. The van der Waals surface area contributed by atoms with Crippen LogP contribution in [0.15, 0.2) is 48.7 Å². The highest BCUT2D eigenvalue weighted by atomic mass is 19.4. The molecular formula is C22H21F3N6O. The Morgan fingerprint density at radius 3 is 2.62 bits per heavy atom. The third kappa shape index (κ3) is 4.58. The molecule has 0 atom stereocenters. The van der Waals surface area contributed by atoms with Gasteiger partial charge < -0.3 is 21.3 Å². The summed E-state index contributed by atoms with van der Waals surface area (Å²) in [6.07, 6.45) is -3.63. The molecule has 32 heavy (non-hydrogen) atoms. The van der Waals surface area contributed by atoms with E-state index >= 15 is 0 Å². The highest BCUT2D eigenvalue weighted by Crippen LogP contribution is 2.36. The van der Waals surface area contributed by atoms with Gasteiger partial charge in [-0.1, -0.05) is 30.3 Å². The van der Waals surface area contributed by atoms with Crippen LogP contribution in [0.2, 0.25) is 0 Å². The van der Waals surface area contributed by atoms with Crippen LogP contribution in [0, 0.1) is 0 Å². The molecule has 2 heterocycles. The summed E-state index contributed by atoms with van der Waals surface area (Å²) in [5.41, 5.74) is 2.56. The van der Waals surface area contributed by atoms with Crippen molar-refractivity contribution in [2.45, 2.75) is 26.1 Å². The van der Waals surface area contributed by atoms with Crippen molar-refractivity contribution in [3.8, 4) is 0 Å². The van der Waals surface area contributed by atoms with Crippen LogP contribution in [-0.2, 0) is 23.9 Å². The van der Waals surface area contributed by atoms with Crippen molar-refractivity contribution in [2.24, 2.45) is 0 Å². The first-order valence-electron chi connectivity index (χ1n) is 10.0. The summed E-state index contributed by atoms with van der Waals surface area (Å²) in [6.45, 7) is 2.76. The van der Waals surface area contributed by atoms with Crippen molar-refractivity contribution < 1.29 is 18.0 Å². The van der Waals surface area contributed by atoms with Crippen LogP contribution in [0.4, 0.5) is 42.0 Å². The van der Waals surface area contributed by atoms with Crippen molar-refractivity contribution >= 4 is 34.7 Å². The molecule has 1 aliphatic rings. The van der Waals surface area contributed by atoms with Gasteiger partial charge in [0.2, 0.25) is 11.9 Å². The van der Waals surface area contributed by atoms with Gasteiger partial charge in [-0.3, -0.25) is 4.79 Å². The Kier molecular flexibility index (Phi) is 5.85. The molecule has 0 spiro atoms. The fraction of sp³-hybridized carbons (Fsp3) is 0.227. The van der Waals surface area contributed by atoms with Crippen LogP contribution >= 0.6 is 0 Å². The number of nitrogens with one attached hydrogen (secondary N) is 4. The molecule has 166 valence electrons. The van der Waals surface area contributed by atoms with E-state index in [1.165, 1.54) is 0 Å². The van der Waals surface area contributed by atoms with E-state index in [0.717, 1.165) is 23.0 Å². The topological polar surface area (TPSA) is 91.0 Å². The quantitative estimate of drug-likeness (QED) is 0.421. The van der Waals surface area contributed by atoms with Crippen LogP contribution in [0.5, 0.6) is 0 Å². The minimum absolute atomic E-state index is 0.0185. The molecule has 0 fully saturated rings. The number of fused-ring (bicyclic) bond motifs is 1. The van der Waals surface area contributed by atoms with Gasteiger partial charge in [0, 0.05) is 25.0 Å². The summed E-state index contributed by atoms with van der Waals surface area (Å²) in [7, 11) is 0. The number of carbonyl (C=O) groups is 1. The smallest absolute Gasteiger partial charge is 0.385 e. The zero-order valence-electron chi connectivity index (χ0n) is 17.2. The van der Waals surface area contributed by atoms with E-state index in [2.05, 4.69) is 31.2 Å². The molecule has 0 saturated heterocycles. The number of amides is 1. The van der Waals surface area contributed by atoms with Crippen LogP contribution in [0.25, 0.3) is 0 Å². The lowest BCUT2D eigenvalue weighted by Gasteiger charge is -2.17. The predicted octanol–water partition coefficient (Wildman–Crippen LogP) is 4.78. The van der Waals surface area contributed by atoms with Gasteiger partial charge in [-0.2, -0.15) is 18.2 Å². The van der Waals surface area contributed by atoms with Gasteiger partial charge in [0.05, 0.1) is 17.8 Å². The van der Waals surface area contributed by atoms with Crippen molar-refractivity contribution in [3.05, 3.63) is 65.4 Å². The van der Waals surface area contributed by atoms with E-state index in [9.17, 15) is 18.0 Å². The van der Waals surface area contributed by atoms with Crippen LogP contribution < -0.4 is 21.3 Å². The summed E-state index contributed by atoms with van der Waals surface area (Å²) in [5, 5.41) is 11.6. The van der Waals surface area contributed by atoms with E-state index in [-0.39, 0.29) is 30.6 Å². The van der Waals surface area contributed by atoms with Gasteiger partial charge in [-0.15, -0.1) is 0 Å². The molecule has 0 unspecified atom stereocenters. The average Bonchev–Trinajstić information content (AvgIpc) is 3.14. The second-order valence-electron chi connectivity index (χ2n) is 7.18. The van der Waals surface area contributed by atoms with Crippen molar-refractivity contribution in [3.63, 3.8) is 0 Å². The van der Waals surface area contributed by atoms with E-state index in [0.29, 0.717) is 17.9 Å². The van der Waals surface area contributed by atoms with Gasteiger partial charge in [0.25, 0.3) is 0 Å². The molecule has 10 heteroatoms. The van der Waals surface area contributed by atoms with Crippen molar-refractivity contribution in [2.75, 3.05) is 27.8 Å². The highest BCUT2D eigenvalue weighted by molar-refractivity contribution is 6.03. The maximum Gasteiger partial charge on any atom is 0.421 e. The number of halogens is 3. The van der Waals surface area contributed by atoms with Gasteiger partial charge in [-0.25, -0.2) is 4.98 Å². The summed E-state index contributed by atoms with van der Waals surface area (Å²) in [4.78, 5) is 19.6. The Morgan fingerprint density at radius 1 is 1.06 bits per heavy atom. The van der Waals surface area contributed by atoms with Gasteiger partial charge in [0.1, 0.15) is 11.4 Å². The third-order valence-electron chi connectivity index (χ3n) is 4.94. The van der Waals surface area contributed by atoms with Crippen LogP contribution in [0.1, 0.15) is 23.6 Å². The molecular weight excluding hydrogens is 421 g/mol. The first-order valence-corrected chi connectivity index (χ1v) is 10.0. The Balaban J connectivity index is 1.62. The standard InChI is InChI=1S/C22H21F3N6O/c1-2-26-16-8-4-3-6-14(16)11-27-20-15(22(23,24)25)12-28-21(31-20)29-17-9-5-7-13-10-18(32)30-19(13)17/h3-9,12,26H,2,10-11H2,1H3,(H,30,32)(H2,27,28,29,31). The van der Waals surface area contributed by atoms with Crippen LogP contribution in [0.3, 0.4) is 0 Å². The first kappa shape index (κ1) is 21.4. The molecule has 1 amide bonds. The Morgan fingerprint density at radius 2 is 1.84 bits per heavy atom. The molecule has 4 N–H and O–H groups in total. The molecule has 0 saturated carbocycles. The molecule has 3 aromatic rings. The molecule has 7 nitrogen and oxygen atoms in total. The Labute approximate surface area is 182 Å². The number of benzene rings is 2. The molecule has 0 bridgehead atoms. The number of rotatable bonds is 7. The summed E-state index contributed by atoms with van der Waals surface area (Å²) in [6, 6.07) is 12.6. The number of carbonyl (C=O) groups excluding carboxylic acids is 1. The van der Waals surface area contributed by atoms with Crippen molar-refractivity contribution in [1.29, 1.82) is 0 Å². The minimum atomic E-state index is -4.62. The monoisotopic (exact) mass is 442 g/mol. The Bertz CT molecular complexity index is 1150. The number of alkyl halides is 3. The van der Waals surface area contributed by atoms with Gasteiger partial charge in [0.15, 0.2) is 0 Å². The highest BCUT2D eigenvalue weighted by Gasteiger charge is 2.35. The second kappa shape index (κ2) is 8.74. The van der Waals surface area contributed by atoms with Gasteiger partial charge >= 0.3 is 6.18 Å². The normalized spacial score (nSPS) is 12.8. The average molecular weight is 442 g/mol. The lowest BCUT2D eigenvalue weighted by Crippen LogP contribution is -2.15. The van der Waals surface area contributed by atoms with E-state index in [1.54, 1.807) is 18.2 Å². The summed E-state index contributed by atoms with van der Waals surface area (Å²) < 4.78 is 40.7. The fourth-order valence-electron chi connectivity index (χ4n) is 3.48. The number of nitrogens with zero attached hydrogens (tertiary/aromatic N) is 2. The SMILES string of the molecule is CCNc1ccccc1CNc1nc(Nc2cccc3c2NC(=O)C3)ncc1C(F)(F)F. The first-order chi connectivity index (χ1) is 15.3. The van der Waals surface area contributed by atoms with E-state index in [1.807, 2.05) is 31.2 Å². The largest absolute Gasteiger partial charge is 0.421 e. The fourth-order valence-corrected chi connectivity index (χ4v) is 3.48.